The second-order valence-corrected chi connectivity index (χ2v) is 12.9. The van der Waals surface area contributed by atoms with Crippen LogP contribution in [0, 0.1) is 0 Å². The maximum absolute atomic E-state index is 13.7. The van der Waals surface area contributed by atoms with E-state index < -0.39 is 17.7 Å². The molecule has 1 N–H and O–H groups in total. The van der Waals surface area contributed by atoms with Crippen molar-refractivity contribution in [3.63, 3.8) is 0 Å². The zero-order valence-electron chi connectivity index (χ0n) is 24.6. The molecule has 0 radical (unpaired) electrons. The zero-order chi connectivity index (χ0) is 32.0. The van der Waals surface area contributed by atoms with Crippen LogP contribution in [0.3, 0.4) is 0 Å². The third-order valence-electron chi connectivity index (χ3n) is 7.08. The number of aromatic nitrogens is 2. The molecule has 5 aromatic rings. The predicted molar refractivity (Wildman–Crippen MR) is 181 cm³/mol. The molecule has 1 saturated heterocycles. The number of carbonyl (C=O) groups is 2. The SMILES string of the molecule is CCCOc1ccc(/C(O)=C2/C(=O)C(=O)N(c3nnc(SCc4ccc(Cl)cc4)s3)C2c2cccc(Oc3ccccc3)c2)cc1. The summed E-state index contributed by atoms with van der Waals surface area (Å²) in [5.41, 5.74) is 1.92. The molecule has 2 heterocycles. The van der Waals surface area contributed by atoms with Gasteiger partial charge in [0.2, 0.25) is 5.13 Å². The van der Waals surface area contributed by atoms with E-state index in [0.29, 0.717) is 50.1 Å². The molecule has 0 aliphatic carbocycles. The highest BCUT2D eigenvalue weighted by atomic mass is 35.5. The summed E-state index contributed by atoms with van der Waals surface area (Å²) in [6.07, 6.45) is 0.852. The Labute approximate surface area is 279 Å². The normalized spacial score (nSPS) is 15.7. The Morgan fingerprint density at radius 2 is 1.65 bits per heavy atom. The van der Waals surface area contributed by atoms with Crippen LogP contribution in [0.5, 0.6) is 17.2 Å². The van der Waals surface area contributed by atoms with Gasteiger partial charge in [-0.05, 0) is 78.2 Å². The standard InChI is InChI=1S/C35H28ClN3O5S2/c1-2-19-43-26-17-13-23(14-18-26)31(40)29-30(24-7-6-10-28(20-24)44-27-8-4-3-5-9-27)39(33(42)32(29)41)34-37-38-35(46-34)45-21-22-11-15-25(36)16-12-22/h3-18,20,30,40H,2,19,21H2,1H3/b31-29-. The molecule has 0 spiro atoms. The van der Waals surface area contributed by atoms with Crippen LogP contribution in [0.1, 0.15) is 36.1 Å². The first-order chi connectivity index (χ1) is 22.4. The number of aliphatic hydroxyl groups excluding tert-OH is 1. The van der Waals surface area contributed by atoms with Gasteiger partial charge in [-0.25, -0.2) is 0 Å². The predicted octanol–water partition coefficient (Wildman–Crippen LogP) is 8.69. The van der Waals surface area contributed by atoms with E-state index in [1.54, 1.807) is 48.5 Å². The minimum atomic E-state index is -0.989. The van der Waals surface area contributed by atoms with Crippen LogP contribution in [0.25, 0.3) is 5.76 Å². The van der Waals surface area contributed by atoms with Crippen LogP contribution < -0.4 is 14.4 Å². The molecule has 0 saturated carbocycles. The average Bonchev–Trinajstić information content (AvgIpc) is 3.65. The third kappa shape index (κ3) is 6.94. The third-order valence-corrected chi connectivity index (χ3v) is 9.45. The minimum Gasteiger partial charge on any atom is -0.507 e. The van der Waals surface area contributed by atoms with E-state index in [4.69, 9.17) is 21.1 Å². The van der Waals surface area contributed by atoms with Gasteiger partial charge in [0, 0.05) is 16.3 Å². The monoisotopic (exact) mass is 669 g/mol. The van der Waals surface area contributed by atoms with E-state index in [-0.39, 0.29) is 16.5 Å². The number of rotatable bonds is 11. The lowest BCUT2D eigenvalue weighted by Gasteiger charge is -2.23. The summed E-state index contributed by atoms with van der Waals surface area (Å²) in [6, 6.07) is 29.7. The van der Waals surface area contributed by atoms with Crippen molar-refractivity contribution in [2.45, 2.75) is 29.5 Å². The molecular formula is C35H28ClN3O5S2. The van der Waals surface area contributed by atoms with Gasteiger partial charge < -0.3 is 14.6 Å². The lowest BCUT2D eigenvalue weighted by Crippen LogP contribution is -2.29. The maximum atomic E-state index is 13.7. The number of para-hydroxylation sites is 1. The number of anilines is 1. The van der Waals surface area contributed by atoms with Crippen LogP contribution >= 0.6 is 34.7 Å². The van der Waals surface area contributed by atoms with Gasteiger partial charge >= 0.3 is 5.91 Å². The number of amides is 1. The molecule has 6 rings (SSSR count). The topological polar surface area (TPSA) is 102 Å². The summed E-state index contributed by atoms with van der Waals surface area (Å²) in [6.45, 7) is 2.57. The summed E-state index contributed by atoms with van der Waals surface area (Å²) in [5.74, 6) is 0.449. The molecule has 232 valence electrons. The number of hydrogen-bond donors (Lipinski definition) is 1. The lowest BCUT2D eigenvalue weighted by atomic mass is 9.95. The fraction of sp³-hybridized carbons (Fsp3) is 0.143. The van der Waals surface area contributed by atoms with E-state index in [9.17, 15) is 14.7 Å². The Balaban J connectivity index is 1.37. The Kier molecular flexibility index (Phi) is 9.68. The van der Waals surface area contributed by atoms with Crippen molar-refractivity contribution >= 4 is 57.3 Å². The first-order valence-electron chi connectivity index (χ1n) is 14.5. The first kappa shape index (κ1) is 31.3. The molecule has 0 bridgehead atoms. The fourth-order valence-electron chi connectivity index (χ4n) is 4.89. The summed E-state index contributed by atoms with van der Waals surface area (Å²) in [7, 11) is 0. The fourth-order valence-corrected chi connectivity index (χ4v) is 6.84. The van der Waals surface area contributed by atoms with Crippen molar-refractivity contribution < 1.29 is 24.2 Å². The molecule has 1 aromatic heterocycles. The van der Waals surface area contributed by atoms with Crippen LogP contribution in [-0.4, -0.2) is 33.6 Å². The smallest absolute Gasteiger partial charge is 0.301 e. The van der Waals surface area contributed by atoms with E-state index >= 15 is 0 Å². The number of carbonyl (C=O) groups excluding carboxylic acids is 2. The molecule has 1 fully saturated rings. The van der Waals surface area contributed by atoms with Crippen molar-refractivity contribution in [1.29, 1.82) is 0 Å². The Morgan fingerprint density at radius 1 is 0.913 bits per heavy atom. The average molecular weight is 670 g/mol. The Bertz CT molecular complexity index is 1880. The number of nitrogens with zero attached hydrogens (tertiary/aromatic N) is 3. The van der Waals surface area contributed by atoms with Crippen LogP contribution in [0.4, 0.5) is 5.13 Å². The zero-order valence-corrected chi connectivity index (χ0v) is 27.0. The van der Waals surface area contributed by atoms with Gasteiger partial charge in [-0.3, -0.25) is 14.5 Å². The van der Waals surface area contributed by atoms with Gasteiger partial charge in [-0.2, -0.15) is 0 Å². The van der Waals surface area contributed by atoms with Crippen LogP contribution in [0.15, 0.2) is 113 Å². The van der Waals surface area contributed by atoms with Gasteiger partial charge in [0.05, 0.1) is 18.2 Å². The van der Waals surface area contributed by atoms with Gasteiger partial charge in [0.25, 0.3) is 5.78 Å². The Morgan fingerprint density at radius 3 is 2.39 bits per heavy atom. The summed E-state index contributed by atoms with van der Waals surface area (Å²) in [4.78, 5) is 28.7. The number of benzene rings is 4. The highest BCUT2D eigenvalue weighted by molar-refractivity contribution is 8.00. The van der Waals surface area contributed by atoms with E-state index in [1.165, 1.54) is 28.0 Å². The van der Waals surface area contributed by atoms with Gasteiger partial charge in [0.1, 0.15) is 23.0 Å². The first-order valence-corrected chi connectivity index (χ1v) is 16.7. The minimum absolute atomic E-state index is 0.0605. The van der Waals surface area contributed by atoms with Gasteiger partial charge in [0.15, 0.2) is 4.34 Å². The molecule has 46 heavy (non-hydrogen) atoms. The summed E-state index contributed by atoms with van der Waals surface area (Å²) < 4.78 is 12.4. The highest BCUT2D eigenvalue weighted by Gasteiger charge is 2.48. The molecule has 8 nitrogen and oxygen atoms in total. The van der Waals surface area contributed by atoms with Crippen molar-refractivity contribution in [3.05, 3.63) is 130 Å². The van der Waals surface area contributed by atoms with Gasteiger partial charge in [-0.1, -0.05) is 84.1 Å². The van der Waals surface area contributed by atoms with E-state index in [1.807, 2.05) is 61.5 Å². The molecule has 1 atom stereocenters. The van der Waals surface area contributed by atoms with Crippen molar-refractivity contribution in [3.8, 4) is 17.2 Å². The number of halogens is 1. The number of Topliss-reactive ketones (excluding diaryl/α,β-unsaturated/α-hetero) is 1. The summed E-state index contributed by atoms with van der Waals surface area (Å²) >= 11 is 8.67. The second-order valence-electron chi connectivity index (χ2n) is 10.3. The maximum Gasteiger partial charge on any atom is 0.301 e. The molecule has 11 heteroatoms. The second kappa shape index (κ2) is 14.2. The quantitative estimate of drug-likeness (QED) is 0.0490. The molecule has 1 aliphatic heterocycles. The van der Waals surface area contributed by atoms with Crippen LogP contribution in [-0.2, 0) is 15.3 Å². The van der Waals surface area contributed by atoms with Crippen molar-refractivity contribution in [1.82, 2.24) is 10.2 Å². The molecular weight excluding hydrogens is 642 g/mol. The number of ketones is 1. The van der Waals surface area contributed by atoms with Crippen molar-refractivity contribution in [2.75, 3.05) is 11.5 Å². The largest absolute Gasteiger partial charge is 0.507 e. The Hall–Kier alpha value is -4.64. The number of hydrogen-bond acceptors (Lipinski definition) is 9. The molecule has 1 unspecified atom stereocenters. The van der Waals surface area contributed by atoms with Crippen LogP contribution in [0.2, 0.25) is 5.02 Å². The highest BCUT2D eigenvalue weighted by Crippen LogP contribution is 2.45. The lowest BCUT2D eigenvalue weighted by molar-refractivity contribution is -0.132. The van der Waals surface area contributed by atoms with Crippen molar-refractivity contribution in [2.24, 2.45) is 0 Å². The molecule has 4 aromatic carbocycles. The molecule has 1 amide bonds. The number of thioether (sulfide) groups is 1. The van der Waals surface area contributed by atoms with E-state index in [0.717, 1.165) is 12.0 Å². The number of ether oxygens (including phenoxy) is 2. The number of aliphatic hydroxyl groups is 1. The van der Waals surface area contributed by atoms with Gasteiger partial charge in [-0.15, -0.1) is 10.2 Å². The summed E-state index contributed by atoms with van der Waals surface area (Å²) in [5, 5.41) is 21.1. The molecule has 1 aliphatic rings. The van der Waals surface area contributed by atoms with E-state index in [2.05, 4.69) is 10.2 Å².